The van der Waals surface area contributed by atoms with Crippen molar-refractivity contribution >= 4 is 33.8 Å². The van der Waals surface area contributed by atoms with Crippen molar-refractivity contribution in [2.24, 2.45) is 0 Å². The lowest BCUT2D eigenvalue weighted by Gasteiger charge is -2.17. The van der Waals surface area contributed by atoms with E-state index in [1.54, 1.807) is 25.1 Å². The summed E-state index contributed by atoms with van der Waals surface area (Å²) < 4.78 is 36.9. The molecule has 0 aliphatic carbocycles. The van der Waals surface area contributed by atoms with Crippen molar-refractivity contribution in [3.63, 3.8) is 0 Å². The molecule has 0 saturated heterocycles. The summed E-state index contributed by atoms with van der Waals surface area (Å²) in [5.74, 6) is 0.0924. The van der Waals surface area contributed by atoms with Crippen LogP contribution in [0.5, 0.6) is 11.5 Å². The molecule has 3 aromatic rings. The fourth-order valence-electron chi connectivity index (χ4n) is 3.20. The summed E-state index contributed by atoms with van der Waals surface area (Å²) in [6.07, 6.45) is 0.814. The number of thiocarbonyl (C=S) groups is 1. The van der Waals surface area contributed by atoms with Crippen LogP contribution in [-0.2, 0) is 0 Å². The van der Waals surface area contributed by atoms with Gasteiger partial charge in [0.2, 0.25) is 0 Å². The number of rotatable bonds is 7. The zero-order valence-corrected chi connectivity index (χ0v) is 19.6. The second-order valence-electron chi connectivity index (χ2n) is 7.05. The highest BCUT2D eigenvalue weighted by molar-refractivity contribution is 7.80. The number of methoxy groups -OCH3 is 2. The fraction of sp³-hybridized carbons (Fsp3) is 0.375. The second kappa shape index (κ2) is 13.0. The van der Waals surface area contributed by atoms with Gasteiger partial charge in [-0.15, -0.1) is 0 Å². The summed E-state index contributed by atoms with van der Waals surface area (Å²) in [6.45, 7) is 6.51. The smallest absolute Gasteiger partial charge is 0.199 e. The van der Waals surface area contributed by atoms with E-state index in [2.05, 4.69) is 22.2 Å². The van der Waals surface area contributed by atoms with E-state index in [9.17, 15) is 8.78 Å². The minimum absolute atomic E-state index is 0. The van der Waals surface area contributed by atoms with Crippen molar-refractivity contribution in [1.82, 2.24) is 15.3 Å². The minimum Gasteiger partial charge on any atom is -0.493 e. The van der Waals surface area contributed by atoms with Gasteiger partial charge in [-0.2, -0.15) is 0 Å². The van der Waals surface area contributed by atoms with E-state index < -0.39 is 5.82 Å². The highest BCUT2D eigenvalue weighted by Gasteiger charge is 2.18. The van der Waals surface area contributed by atoms with E-state index in [1.165, 1.54) is 26.4 Å². The Hall–Kier alpha value is -2.91. The average Bonchev–Trinajstić information content (AvgIpc) is 2.74. The van der Waals surface area contributed by atoms with Crippen LogP contribution >= 0.6 is 12.2 Å². The van der Waals surface area contributed by atoms with E-state index in [0.717, 1.165) is 23.4 Å². The Balaban J connectivity index is 0.000000323. The van der Waals surface area contributed by atoms with E-state index in [0.29, 0.717) is 11.2 Å². The molecular formula is C24H32F2N4O2S. The van der Waals surface area contributed by atoms with E-state index in [-0.39, 0.29) is 42.1 Å². The predicted octanol–water partition coefficient (Wildman–Crippen LogP) is 5.57. The first-order valence-electron chi connectivity index (χ1n) is 10.0. The number of nitrogens with one attached hydrogen (secondary N) is 1. The first kappa shape index (κ1) is 28.1. The molecule has 0 spiro atoms. The molecule has 1 aromatic heterocycles. The molecule has 0 aliphatic rings. The number of aromatic nitrogens is 2. The topological polar surface area (TPSA) is 82.3 Å². The summed E-state index contributed by atoms with van der Waals surface area (Å²) in [7, 11) is 2.79. The van der Waals surface area contributed by atoms with Gasteiger partial charge >= 0.3 is 0 Å². The quantitative estimate of drug-likeness (QED) is 0.430. The Morgan fingerprint density at radius 3 is 2.30 bits per heavy atom. The zero-order chi connectivity index (χ0) is 23.8. The molecule has 0 radical (unpaired) electrons. The Morgan fingerprint density at radius 2 is 1.79 bits per heavy atom. The molecule has 180 valence electrons. The summed E-state index contributed by atoms with van der Waals surface area (Å²) in [5.41, 5.74) is 6.94. The van der Waals surface area contributed by atoms with Crippen LogP contribution in [0.4, 0.5) is 14.6 Å². The molecule has 3 N–H and O–H groups in total. The molecule has 1 heterocycles. The van der Waals surface area contributed by atoms with Crippen LogP contribution in [0, 0.1) is 18.6 Å². The number of fused-ring (bicyclic) bond motifs is 1. The molecule has 3 rings (SSSR count). The molecule has 0 bridgehead atoms. The molecule has 0 saturated carbocycles. The van der Waals surface area contributed by atoms with Gasteiger partial charge in [0.1, 0.15) is 23.0 Å². The molecule has 2 aromatic carbocycles. The van der Waals surface area contributed by atoms with E-state index in [1.807, 2.05) is 6.92 Å². The lowest BCUT2D eigenvalue weighted by molar-refractivity contribution is 0.339. The molecular weight excluding hydrogens is 446 g/mol. The van der Waals surface area contributed by atoms with Crippen molar-refractivity contribution in [3.05, 3.63) is 53.4 Å². The van der Waals surface area contributed by atoms with Crippen LogP contribution in [0.1, 0.15) is 45.1 Å². The Kier molecular flexibility index (Phi) is 11.0. The van der Waals surface area contributed by atoms with Gasteiger partial charge in [-0.25, -0.2) is 18.7 Å². The predicted molar refractivity (Wildman–Crippen MR) is 134 cm³/mol. The summed E-state index contributed by atoms with van der Waals surface area (Å²) >= 11 is 5.10. The number of ether oxygens (including phenoxy) is 2. The highest BCUT2D eigenvalue weighted by atomic mass is 32.1. The van der Waals surface area contributed by atoms with Gasteiger partial charge < -0.3 is 20.5 Å². The number of nitrogen functional groups attached to an aromatic ring is 1. The maximum absolute atomic E-state index is 14.1. The SMILES string of the molecule is C.CCN[C@H](CC(C)=S)c1ccc(F)cc1.COc1cc2c(N)nc(C)nc2c(F)c1OC. The maximum atomic E-state index is 14.1. The number of halogens is 2. The maximum Gasteiger partial charge on any atom is 0.199 e. The third kappa shape index (κ3) is 7.30. The van der Waals surface area contributed by atoms with Crippen LogP contribution in [0.2, 0.25) is 0 Å². The van der Waals surface area contributed by atoms with Gasteiger partial charge in [0.25, 0.3) is 0 Å². The first-order chi connectivity index (χ1) is 15.2. The monoisotopic (exact) mass is 478 g/mol. The highest BCUT2D eigenvalue weighted by Crippen LogP contribution is 2.36. The minimum atomic E-state index is -0.598. The average molecular weight is 479 g/mol. The third-order valence-electron chi connectivity index (χ3n) is 4.63. The molecule has 6 nitrogen and oxygen atoms in total. The fourth-order valence-corrected chi connectivity index (χ4v) is 3.37. The van der Waals surface area contributed by atoms with Gasteiger partial charge in [-0.3, -0.25) is 0 Å². The lowest BCUT2D eigenvalue weighted by atomic mass is 10.0. The van der Waals surface area contributed by atoms with Crippen molar-refractivity contribution in [2.45, 2.75) is 40.7 Å². The van der Waals surface area contributed by atoms with Crippen molar-refractivity contribution < 1.29 is 18.3 Å². The largest absolute Gasteiger partial charge is 0.493 e. The molecule has 33 heavy (non-hydrogen) atoms. The lowest BCUT2D eigenvalue weighted by Crippen LogP contribution is -2.22. The second-order valence-corrected chi connectivity index (χ2v) is 7.74. The molecule has 0 fully saturated rings. The number of aryl methyl sites for hydroxylation is 1. The normalized spacial score (nSPS) is 11.1. The van der Waals surface area contributed by atoms with Crippen LogP contribution in [0.3, 0.4) is 0 Å². The van der Waals surface area contributed by atoms with E-state index in [4.69, 9.17) is 27.4 Å². The number of benzene rings is 2. The molecule has 9 heteroatoms. The Bertz CT molecular complexity index is 1080. The first-order valence-corrected chi connectivity index (χ1v) is 10.4. The van der Waals surface area contributed by atoms with Crippen molar-refractivity contribution in [3.8, 4) is 11.5 Å². The van der Waals surface area contributed by atoms with Gasteiger partial charge in [0, 0.05) is 11.4 Å². The third-order valence-corrected chi connectivity index (χ3v) is 4.80. The van der Waals surface area contributed by atoms with Gasteiger partial charge in [-0.05, 0) is 55.4 Å². The molecule has 0 unspecified atom stereocenters. The molecule has 0 aliphatic heterocycles. The summed E-state index contributed by atoms with van der Waals surface area (Å²) in [5, 5.41) is 3.75. The van der Waals surface area contributed by atoms with Crippen LogP contribution < -0.4 is 20.5 Å². The van der Waals surface area contributed by atoms with Crippen LogP contribution in [0.25, 0.3) is 10.9 Å². The Labute approximate surface area is 199 Å². The number of anilines is 1. The zero-order valence-electron chi connectivity index (χ0n) is 18.8. The molecule has 1 atom stereocenters. The molecule has 0 amide bonds. The van der Waals surface area contributed by atoms with Gasteiger partial charge in [0.05, 0.1) is 14.2 Å². The van der Waals surface area contributed by atoms with Crippen LogP contribution in [0.15, 0.2) is 30.3 Å². The Morgan fingerprint density at radius 1 is 1.15 bits per heavy atom. The number of nitrogens with zero attached hydrogens (tertiary/aromatic N) is 2. The van der Waals surface area contributed by atoms with E-state index >= 15 is 0 Å². The van der Waals surface area contributed by atoms with Crippen LogP contribution in [-0.4, -0.2) is 35.6 Å². The summed E-state index contributed by atoms with van der Waals surface area (Å²) in [4.78, 5) is 8.96. The standard InChI is InChI=1S/C12H16FNS.C11H12FN3O2.CH4/c1-3-14-12(8-9(2)15)10-4-6-11(13)7-5-10;1-5-14-9-6(11(13)15-5)4-7(16-2)10(17-3)8(9)12;/h4-7,12,14H,3,8H2,1-2H3;4H,1-3H3,(H2,13,14,15);1H4/t12-;;/m1../s1. The van der Waals surface area contributed by atoms with Gasteiger partial charge in [0.15, 0.2) is 17.3 Å². The van der Waals surface area contributed by atoms with Crippen molar-refractivity contribution in [1.29, 1.82) is 0 Å². The summed E-state index contributed by atoms with van der Waals surface area (Å²) in [6, 6.07) is 8.35. The van der Waals surface area contributed by atoms with Crippen molar-refractivity contribution in [2.75, 3.05) is 26.5 Å². The number of hydrogen-bond acceptors (Lipinski definition) is 7. The number of hydrogen-bond donors (Lipinski definition) is 2. The number of nitrogens with two attached hydrogens (primary N) is 1. The van der Waals surface area contributed by atoms with Gasteiger partial charge in [-0.1, -0.05) is 38.7 Å².